The Morgan fingerprint density at radius 3 is 2.24 bits per heavy atom. The molecule has 0 radical (unpaired) electrons. The number of aliphatic carboxylic acids is 1. The van der Waals surface area contributed by atoms with Crippen LogP contribution in [0.5, 0.6) is 17.2 Å². The molecular weight excluding hydrogens is 574 g/mol. The van der Waals surface area contributed by atoms with Gasteiger partial charge in [0.15, 0.2) is 0 Å². The van der Waals surface area contributed by atoms with Gasteiger partial charge in [0.25, 0.3) is 0 Å². The lowest BCUT2D eigenvalue weighted by Gasteiger charge is -2.32. The van der Waals surface area contributed by atoms with Crippen molar-refractivity contribution in [2.24, 2.45) is 11.1 Å². The van der Waals surface area contributed by atoms with E-state index in [2.05, 4.69) is 39.8 Å². The van der Waals surface area contributed by atoms with Crippen molar-refractivity contribution in [1.29, 1.82) is 0 Å². The van der Waals surface area contributed by atoms with Crippen LogP contribution in [0.25, 0.3) is 0 Å². The Morgan fingerprint density at radius 2 is 1.63 bits per heavy atom. The summed E-state index contributed by atoms with van der Waals surface area (Å²) in [7, 11) is 0. The number of rotatable bonds is 12. The van der Waals surface area contributed by atoms with Gasteiger partial charge in [0.05, 0.1) is 0 Å². The van der Waals surface area contributed by atoms with Crippen LogP contribution >= 0.6 is 0 Å². The van der Waals surface area contributed by atoms with Gasteiger partial charge in [-0.3, -0.25) is 4.79 Å². The molecule has 0 saturated carbocycles. The van der Waals surface area contributed by atoms with Gasteiger partial charge < -0.3 is 20.3 Å². The number of carbonyl (C=O) groups excluding carboxylic acids is 1. The summed E-state index contributed by atoms with van der Waals surface area (Å²) < 4.78 is 12.1. The molecule has 0 saturated heterocycles. The molecule has 1 unspecified atom stereocenters. The van der Waals surface area contributed by atoms with Gasteiger partial charge in [-0.1, -0.05) is 74.4 Å². The highest BCUT2D eigenvalue weighted by Crippen LogP contribution is 2.41. The van der Waals surface area contributed by atoms with Crippen molar-refractivity contribution in [1.82, 2.24) is 0 Å². The molecule has 6 heteroatoms. The zero-order chi connectivity index (χ0) is 34.2. The van der Waals surface area contributed by atoms with Crippen molar-refractivity contribution in [3.05, 3.63) is 111 Å². The number of carboxylic acid groups (broad SMARTS) is 1. The van der Waals surface area contributed by atoms with E-state index in [1.54, 1.807) is 0 Å². The second-order valence-corrected chi connectivity index (χ2v) is 13.2. The van der Waals surface area contributed by atoms with E-state index in [-0.39, 0.29) is 11.8 Å². The molecule has 1 aliphatic rings. The maximum Gasteiger partial charge on any atom is 0.336 e. The van der Waals surface area contributed by atoms with Crippen LogP contribution in [-0.4, -0.2) is 23.1 Å². The maximum atomic E-state index is 12.8. The van der Waals surface area contributed by atoms with E-state index >= 15 is 0 Å². The largest absolute Gasteiger partial charge is 0.480 e. The monoisotopic (exact) mass is 625 g/mol. The van der Waals surface area contributed by atoms with E-state index in [0.717, 1.165) is 44.7 Å². The highest BCUT2D eigenvalue weighted by molar-refractivity contribution is 5.85. The molecule has 0 aromatic heterocycles. The Balaban J connectivity index is 1.68. The summed E-state index contributed by atoms with van der Waals surface area (Å²) in [5.41, 5.74) is 15.1. The van der Waals surface area contributed by atoms with Crippen LogP contribution in [0.1, 0.15) is 88.6 Å². The molecule has 46 heavy (non-hydrogen) atoms. The van der Waals surface area contributed by atoms with Crippen LogP contribution in [0.15, 0.2) is 83.0 Å². The van der Waals surface area contributed by atoms with Crippen LogP contribution in [0.2, 0.25) is 0 Å². The number of benzene rings is 2. The van der Waals surface area contributed by atoms with Gasteiger partial charge in [-0.05, 0) is 130 Å². The number of esters is 1. The van der Waals surface area contributed by atoms with Gasteiger partial charge in [0.1, 0.15) is 23.3 Å². The molecule has 2 aromatic carbocycles. The van der Waals surface area contributed by atoms with Gasteiger partial charge in [-0.25, -0.2) is 4.79 Å². The molecule has 3 N–H and O–H groups in total. The number of carbonyl (C=O) groups is 2. The lowest BCUT2D eigenvalue weighted by atomic mass is 9.72. The lowest BCUT2D eigenvalue weighted by Crippen LogP contribution is -2.32. The fraction of sp³-hybridized carbons (Fsp3) is 0.400. The minimum atomic E-state index is -1.03. The van der Waals surface area contributed by atoms with Gasteiger partial charge in [0.2, 0.25) is 0 Å². The quantitative estimate of drug-likeness (QED) is 0.106. The van der Waals surface area contributed by atoms with Crippen LogP contribution < -0.4 is 15.2 Å². The zero-order valence-corrected chi connectivity index (χ0v) is 29.0. The lowest BCUT2D eigenvalue weighted by molar-refractivity contribution is -0.138. The first-order chi connectivity index (χ1) is 21.6. The van der Waals surface area contributed by atoms with E-state index in [4.69, 9.17) is 15.2 Å². The van der Waals surface area contributed by atoms with Gasteiger partial charge in [0, 0.05) is 6.08 Å². The van der Waals surface area contributed by atoms with Crippen molar-refractivity contribution >= 4 is 11.9 Å². The summed E-state index contributed by atoms with van der Waals surface area (Å²) in [6.07, 6.45) is 16.4. The average molecular weight is 626 g/mol. The summed E-state index contributed by atoms with van der Waals surface area (Å²) in [5.74, 6) is 0.402. The molecule has 0 bridgehead atoms. The molecule has 2 aromatic rings. The minimum absolute atomic E-state index is 0.212. The Bertz CT molecular complexity index is 1590. The van der Waals surface area contributed by atoms with Gasteiger partial charge in [-0.15, -0.1) is 0 Å². The summed E-state index contributed by atoms with van der Waals surface area (Å²) in [5, 5.41) is 9.19. The normalized spacial score (nSPS) is 16.3. The Hall–Kier alpha value is -4.16. The maximum absolute atomic E-state index is 12.8. The molecule has 1 aliphatic carbocycles. The van der Waals surface area contributed by atoms with E-state index in [0.29, 0.717) is 17.9 Å². The predicted molar refractivity (Wildman–Crippen MR) is 188 cm³/mol. The van der Waals surface area contributed by atoms with Crippen molar-refractivity contribution < 1.29 is 24.2 Å². The molecule has 3 rings (SSSR count). The topological polar surface area (TPSA) is 98.9 Å². The fourth-order valence-corrected chi connectivity index (χ4v) is 6.04. The highest BCUT2D eigenvalue weighted by atomic mass is 16.5. The standard InChI is InChI=1S/C40H51NO5/c1-10-32-23-31(24-35(41)39(43)44)20-28(5)38(32)45-33-21-29(6)37(30(7)22-33)46-36(42)19-26(3)14-11-13-25(2)16-17-34-27(4)15-12-18-40(34,8)9/h11,13-14,16-17,19-23,35H,10,12,15,18,24,41H2,1-9H3,(H,43,44)/b14-11+,17-16+,25-13+,26-19+. The molecule has 0 spiro atoms. The molecule has 1 atom stereocenters. The highest BCUT2D eigenvalue weighted by Gasteiger charge is 2.26. The summed E-state index contributed by atoms with van der Waals surface area (Å²) >= 11 is 0. The molecule has 246 valence electrons. The number of hydrogen-bond donors (Lipinski definition) is 2. The first-order valence-corrected chi connectivity index (χ1v) is 16.1. The second-order valence-electron chi connectivity index (χ2n) is 13.2. The average Bonchev–Trinajstić information content (AvgIpc) is 2.95. The third kappa shape index (κ3) is 9.92. The zero-order valence-electron chi connectivity index (χ0n) is 29.0. The molecule has 6 nitrogen and oxygen atoms in total. The van der Waals surface area contributed by atoms with E-state index < -0.39 is 18.0 Å². The Kier molecular flexibility index (Phi) is 12.6. The number of carboxylic acids is 1. The molecule has 0 fully saturated rings. The van der Waals surface area contributed by atoms with Crippen LogP contribution in [0.3, 0.4) is 0 Å². The number of allylic oxidation sites excluding steroid dienone is 9. The molecule has 0 amide bonds. The Labute approximate surface area is 275 Å². The van der Waals surface area contributed by atoms with Crippen molar-refractivity contribution in [2.45, 2.75) is 100 Å². The third-order valence-corrected chi connectivity index (χ3v) is 8.54. The number of nitrogens with two attached hydrogens (primary N) is 1. The SMILES string of the molecule is CCc1cc(CC(N)C(=O)O)cc(C)c1Oc1cc(C)c(OC(=O)/C=C(C)/C=C/C=C(C)/C=C/C2=C(C)CCCC2(C)C)c(C)c1. The van der Waals surface area contributed by atoms with Crippen molar-refractivity contribution in [3.63, 3.8) is 0 Å². The van der Waals surface area contributed by atoms with Gasteiger partial charge in [-0.2, -0.15) is 0 Å². The minimum Gasteiger partial charge on any atom is -0.480 e. The first kappa shape index (κ1) is 36.3. The van der Waals surface area contributed by atoms with E-state index in [9.17, 15) is 14.7 Å². The predicted octanol–water partition coefficient (Wildman–Crippen LogP) is 9.36. The Morgan fingerprint density at radius 1 is 0.978 bits per heavy atom. The summed E-state index contributed by atoms with van der Waals surface area (Å²) in [6, 6.07) is 6.62. The second kappa shape index (κ2) is 15.9. The number of hydrogen-bond acceptors (Lipinski definition) is 5. The van der Waals surface area contributed by atoms with Crippen LogP contribution in [-0.2, 0) is 22.4 Å². The van der Waals surface area contributed by atoms with E-state index in [1.807, 2.05) is 77.1 Å². The molecule has 0 aliphatic heterocycles. The molecule has 0 heterocycles. The first-order valence-electron chi connectivity index (χ1n) is 16.1. The van der Waals surface area contributed by atoms with Gasteiger partial charge >= 0.3 is 11.9 Å². The van der Waals surface area contributed by atoms with Crippen molar-refractivity contribution in [2.75, 3.05) is 0 Å². The summed E-state index contributed by atoms with van der Waals surface area (Å²) in [6.45, 7) is 18.6. The smallest absolute Gasteiger partial charge is 0.336 e. The summed E-state index contributed by atoms with van der Waals surface area (Å²) in [4.78, 5) is 24.0. The third-order valence-electron chi connectivity index (χ3n) is 8.54. The van der Waals surface area contributed by atoms with Crippen molar-refractivity contribution in [3.8, 4) is 17.2 Å². The number of ether oxygens (including phenoxy) is 2. The van der Waals surface area contributed by atoms with E-state index in [1.165, 1.54) is 36.5 Å². The van der Waals surface area contributed by atoms with Crippen LogP contribution in [0, 0.1) is 26.2 Å². The molecular formula is C40H51NO5. The van der Waals surface area contributed by atoms with Crippen LogP contribution in [0.4, 0.5) is 0 Å². The number of aryl methyl sites for hydroxylation is 4. The fourth-order valence-electron chi connectivity index (χ4n) is 6.04.